The maximum Gasteiger partial charge on any atom is 0.120 e. The van der Waals surface area contributed by atoms with Crippen molar-refractivity contribution in [3.8, 4) is 0 Å². The van der Waals surface area contributed by atoms with Gasteiger partial charge in [0, 0.05) is 6.42 Å². The molecule has 0 unspecified atom stereocenters. The standard InChI is InChI=1S/C15H26O/c1-14(2)10-9-12-15(3)11-7-5-4-6-8-13-16/h4-5,10,13,15H,6-9,11-12H2,1-3H3/t15-/m1/s1. The van der Waals surface area contributed by atoms with Gasteiger partial charge < -0.3 is 4.79 Å². The molecule has 0 heterocycles. The van der Waals surface area contributed by atoms with Crippen LogP contribution in [0.25, 0.3) is 0 Å². The molecule has 1 heteroatoms. The minimum atomic E-state index is 0.659. The van der Waals surface area contributed by atoms with Gasteiger partial charge in [0.15, 0.2) is 0 Å². The molecule has 1 nitrogen and oxygen atoms in total. The molecular weight excluding hydrogens is 196 g/mol. The number of carbonyl (C=O) groups excluding carboxylic acids is 1. The second-order valence-electron chi connectivity index (χ2n) is 4.76. The molecule has 0 rings (SSSR count). The van der Waals surface area contributed by atoms with Crippen molar-refractivity contribution in [2.75, 3.05) is 0 Å². The first-order valence-corrected chi connectivity index (χ1v) is 6.38. The molecule has 0 aliphatic rings. The number of aldehydes is 1. The van der Waals surface area contributed by atoms with Gasteiger partial charge in [-0.1, -0.05) is 30.7 Å². The number of rotatable bonds is 9. The van der Waals surface area contributed by atoms with E-state index < -0.39 is 0 Å². The molecule has 0 N–H and O–H groups in total. The summed E-state index contributed by atoms with van der Waals surface area (Å²) in [5, 5.41) is 0. The molecule has 0 fully saturated rings. The van der Waals surface area contributed by atoms with E-state index in [-0.39, 0.29) is 0 Å². The molecule has 16 heavy (non-hydrogen) atoms. The summed E-state index contributed by atoms with van der Waals surface area (Å²) in [5.41, 5.74) is 1.42. The molecule has 0 aliphatic heterocycles. The SMILES string of the molecule is CC(C)=CCC[C@H](C)CCC=CCCC=O. The summed E-state index contributed by atoms with van der Waals surface area (Å²) in [6.45, 7) is 6.62. The van der Waals surface area contributed by atoms with Crippen molar-refractivity contribution in [1.29, 1.82) is 0 Å². The molecule has 0 saturated heterocycles. The lowest BCUT2D eigenvalue weighted by Crippen LogP contribution is -1.92. The Kier molecular flexibility index (Phi) is 10.1. The Morgan fingerprint density at radius 3 is 2.25 bits per heavy atom. The van der Waals surface area contributed by atoms with E-state index in [4.69, 9.17) is 0 Å². The third kappa shape index (κ3) is 11.2. The Hall–Kier alpha value is -0.850. The Morgan fingerprint density at radius 2 is 1.62 bits per heavy atom. The predicted octanol–water partition coefficient (Wildman–Crippen LogP) is 4.68. The van der Waals surface area contributed by atoms with Gasteiger partial charge in [0.2, 0.25) is 0 Å². The van der Waals surface area contributed by atoms with Gasteiger partial charge in [-0.3, -0.25) is 0 Å². The Morgan fingerprint density at radius 1 is 1.00 bits per heavy atom. The normalized spacial score (nSPS) is 12.7. The predicted molar refractivity (Wildman–Crippen MR) is 71.5 cm³/mol. The van der Waals surface area contributed by atoms with E-state index in [0.717, 1.165) is 25.0 Å². The van der Waals surface area contributed by atoms with Crippen LogP contribution in [0.2, 0.25) is 0 Å². The van der Waals surface area contributed by atoms with Crippen LogP contribution < -0.4 is 0 Å². The van der Waals surface area contributed by atoms with Crippen molar-refractivity contribution in [3.63, 3.8) is 0 Å². The molecule has 0 radical (unpaired) electrons. The quantitative estimate of drug-likeness (QED) is 0.314. The fraction of sp³-hybridized carbons (Fsp3) is 0.667. The van der Waals surface area contributed by atoms with E-state index in [1.165, 1.54) is 24.8 Å². The van der Waals surface area contributed by atoms with Gasteiger partial charge in [0.05, 0.1) is 0 Å². The average Bonchev–Trinajstić information content (AvgIpc) is 2.22. The van der Waals surface area contributed by atoms with Crippen molar-refractivity contribution in [1.82, 2.24) is 0 Å². The highest BCUT2D eigenvalue weighted by Gasteiger charge is 1.98. The van der Waals surface area contributed by atoms with E-state index >= 15 is 0 Å². The van der Waals surface area contributed by atoms with Gasteiger partial charge in [-0.2, -0.15) is 0 Å². The van der Waals surface area contributed by atoms with E-state index in [9.17, 15) is 4.79 Å². The number of allylic oxidation sites excluding steroid dienone is 4. The summed E-state index contributed by atoms with van der Waals surface area (Å²) in [6, 6.07) is 0. The van der Waals surface area contributed by atoms with Crippen molar-refractivity contribution in [2.24, 2.45) is 5.92 Å². The lowest BCUT2D eigenvalue weighted by atomic mass is 9.99. The minimum Gasteiger partial charge on any atom is -0.303 e. The second-order valence-corrected chi connectivity index (χ2v) is 4.76. The number of unbranched alkanes of at least 4 members (excludes halogenated alkanes) is 1. The molecule has 0 saturated carbocycles. The van der Waals surface area contributed by atoms with E-state index in [1.807, 2.05) is 0 Å². The summed E-state index contributed by atoms with van der Waals surface area (Å²) in [6.07, 6.45) is 14.1. The number of hydrogen-bond donors (Lipinski definition) is 0. The summed E-state index contributed by atoms with van der Waals surface area (Å²) >= 11 is 0. The summed E-state index contributed by atoms with van der Waals surface area (Å²) < 4.78 is 0. The van der Waals surface area contributed by atoms with Crippen LogP contribution in [0.3, 0.4) is 0 Å². The highest BCUT2D eigenvalue weighted by Crippen LogP contribution is 2.14. The van der Waals surface area contributed by atoms with Crippen molar-refractivity contribution in [3.05, 3.63) is 23.8 Å². The highest BCUT2D eigenvalue weighted by molar-refractivity contribution is 5.49. The first-order chi connectivity index (χ1) is 7.66. The van der Waals surface area contributed by atoms with Gasteiger partial charge in [0.1, 0.15) is 6.29 Å². The second kappa shape index (κ2) is 10.7. The maximum absolute atomic E-state index is 10.1. The van der Waals surface area contributed by atoms with E-state index in [1.54, 1.807) is 0 Å². The maximum atomic E-state index is 10.1. The van der Waals surface area contributed by atoms with Crippen LogP contribution in [0.4, 0.5) is 0 Å². The molecule has 0 aromatic carbocycles. The largest absolute Gasteiger partial charge is 0.303 e. The van der Waals surface area contributed by atoms with Crippen LogP contribution in [0.5, 0.6) is 0 Å². The topological polar surface area (TPSA) is 17.1 Å². The molecule has 0 aliphatic carbocycles. The first kappa shape index (κ1) is 15.2. The van der Waals surface area contributed by atoms with Crippen LogP contribution in [0, 0.1) is 5.92 Å². The fourth-order valence-electron chi connectivity index (χ4n) is 1.58. The van der Waals surface area contributed by atoms with Crippen molar-refractivity contribution >= 4 is 6.29 Å². The zero-order chi connectivity index (χ0) is 12.2. The minimum absolute atomic E-state index is 0.659. The molecular formula is C15H26O. The van der Waals surface area contributed by atoms with Crippen molar-refractivity contribution in [2.45, 2.75) is 59.3 Å². The summed E-state index contributed by atoms with van der Waals surface area (Å²) in [4.78, 5) is 10.1. The highest BCUT2D eigenvalue weighted by atomic mass is 16.1. The van der Waals surface area contributed by atoms with Crippen molar-refractivity contribution < 1.29 is 4.79 Å². The fourth-order valence-corrected chi connectivity index (χ4v) is 1.58. The lowest BCUT2D eigenvalue weighted by Gasteiger charge is -2.07. The summed E-state index contributed by atoms with van der Waals surface area (Å²) in [5.74, 6) is 0.798. The molecule has 0 aromatic heterocycles. The summed E-state index contributed by atoms with van der Waals surface area (Å²) in [7, 11) is 0. The molecule has 0 aromatic rings. The zero-order valence-electron chi connectivity index (χ0n) is 11.0. The molecule has 0 bridgehead atoms. The van der Waals surface area contributed by atoms with Gasteiger partial charge in [-0.25, -0.2) is 0 Å². The average molecular weight is 222 g/mol. The monoisotopic (exact) mass is 222 g/mol. The van der Waals surface area contributed by atoms with Crippen LogP contribution in [-0.2, 0) is 4.79 Å². The van der Waals surface area contributed by atoms with Crippen LogP contribution >= 0.6 is 0 Å². The third-order valence-corrected chi connectivity index (χ3v) is 2.66. The van der Waals surface area contributed by atoms with E-state index in [0.29, 0.717) is 6.42 Å². The Labute approximate surface area is 101 Å². The Bertz CT molecular complexity index is 222. The lowest BCUT2D eigenvalue weighted by molar-refractivity contribution is -0.107. The van der Waals surface area contributed by atoms with Crippen LogP contribution in [0.1, 0.15) is 59.3 Å². The molecule has 1 atom stereocenters. The molecule has 0 amide bonds. The molecule has 0 spiro atoms. The third-order valence-electron chi connectivity index (χ3n) is 2.66. The van der Waals surface area contributed by atoms with Crippen LogP contribution in [0.15, 0.2) is 23.8 Å². The number of carbonyl (C=O) groups is 1. The zero-order valence-corrected chi connectivity index (χ0v) is 11.0. The van der Waals surface area contributed by atoms with Crippen LogP contribution in [-0.4, -0.2) is 6.29 Å². The number of hydrogen-bond acceptors (Lipinski definition) is 1. The van der Waals surface area contributed by atoms with E-state index in [2.05, 4.69) is 39.0 Å². The first-order valence-electron chi connectivity index (χ1n) is 6.38. The van der Waals surface area contributed by atoms with Gasteiger partial charge in [-0.15, -0.1) is 0 Å². The van der Waals surface area contributed by atoms with Gasteiger partial charge in [-0.05, 0) is 51.9 Å². The van der Waals surface area contributed by atoms with Gasteiger partial charge in [0.25, 0.3) is 0 Å². The van der Waals surface area contributed by atoms with Gasteiger partial charge >= 0.3 is 0 Å². The smallest absolute Gasteiger partial charge is 0.120 e. The Balaban J connectivity index is 3.43. The molecule has 92 valence electrons.